The average molecular weight is 520 g/mol. The molecule has 4 unspecified atom stereocenters. The molecule has 0 aliphatic rings. The van der Waals surface area contributed by atoms with Gasteiger partial charge in [0.05, 0.1) is 57.1 Å². The van der Waals surface area contributed by atoms with Gasteiger partial charge in [0.1, 0.15) is 6.61 Å². The van der Waals surface area contributed by atoms with E-state index in [0.717, 1.165) is 5.56 Å². The number of hydrogen-bond acceptors (Lipinski definition) is 7. The lowest BCUT2D eigenvalue weighted by Gasteiger charge is -2.31. The molecule has 9 heteroatoms. The number of nitrogens with zero attached hydrogens (tertiary/aromatic N) is 1. The van der Waals surface area contributed by atoms with Crippen LogP contribution in [0.1, 0.15) is 58.4 Å². The number of nitriles is 1. The van der Waals surface area contributed by atoms with Crippen molar-refractivity contribution >= 4 is 12.0 Å². The molecular weight excluding hydrogens is 474 g/mol. The Bertz CT molecular complexity index is 816. The van der Waals surface area contributed by atoms with Crippen LogP contribution < -0.4 is 10.6 Å². The molecule has 0 aliphatic carbocycles. The van der Waals surface area contributed by atoms with E-state index >= 15 is 0 Å². The van der Waals surface area contributed by atoms with Gasteiger partial charge in [0.15, 0.2) is 0 Å². The number of urea groups is 1. The number of esters is 1. The number of methoxy groups -OCH3 is 1. The first-order valence-electron chi connectivity index (χ1n) is 13.1. The molecular formula is C28H45N3O6. The molecule has 0 heterocycles. The number of amides is 2. The monoisotopic (exact) mass is 519 g/mol. The van der Waals surface area contributed by atoms with Gasteiger partial charge in [0, 0.05) is 13.0 Å². The summed E-state index contributed by atoms with van der Waals surface area (Å²) in [4.78, 5) is 25.1. The van der Waals surface area contributed by atoms with E-state index in [4.69, 9.17) is 18.9 Å². The van der Waals surface area contributed by atoms with Crippen LogP contribution in [-0.2, 0) is 23.7 Å². The lowest BCUT2D eigenvalue weighted by molar-refractivity contribution is -0.155. The van der Waals surface area contributed by atoms with Crippen LogP contribution in [0.2, 0.25) is 0 Å². The molecule has 0 aromatic heterocycles. The van der Waals surface area contributed by atoms with Crippen LogP contribution in [0.3, 0.4) is 0 Å². The van der Waals surface area contributed by atoms with Gasteiger partial charge in [-0.25, -0.2) is 4.79 Å². The van der Waals surface area contributed by atoms with Gasteiger partial charge in [0.2, 0.25) is 0 Å². The highest BCUT2D eigenvalue weighted by molar-refractivity contribution is 5.76. The number of nitrogens with one attached hydrogen (secondary N) is 2. The van der Waals surface area contributed by atoms with E-state index in [9.17, 15) is 14.9 Å². The molecule has 0 fully saturated rings. The molecule has 0 bridgehead atoms. The van der Waals surface area contributed by atoms with Gasteiger partial charge in [-0.15, -0.1) is 0 Å². The fraction of sp³-hybridized carbons (Fsp3) is 0.679. The van der Waals surface area contributed by atoms with E-state index in [0.29, 0.717) is 52.3 Å². The zero-order chi connectivity index (χ0) is 27.5. The standard InChI is InChI=1S/C28H45N3O6/c1-6-28(4,19-25(18-22(2)20-29)24-10-8-7-9-11-24)26(32)37-13-12-30-27(33)31-23(3)21-36-17-16-35-15-14-34-5/h7-11,22-23,25H,6,12-19,21H2,1-5H3,(H2,30,31,33). The van der Waals surface area contributed by atoms with E-state index in [-0.39, 0.29) is 43.0 Å². The molecule has 1 aromatic rings. The Kier molecular flexibility index (Phi) is 16.2. The minimum absolute atomic E-state index is 0.0675. The number of carbonyl (C=O) groups excluding carboxylic acids is 2. The van der Waals surface area contributed by atoms with Crippen molar-refractivity contribution in [3.63, 3.8) is 0 Å². The van der Waals surface area contributed by atoms with Gasteiger partial charge in [-0.05, 0) is 51.5 Å². The third kappa shape index (κ3) is 13.4. The third-order valence-corrected chi connectivity index (χ3v) is 6.27. The van der Waals surface area contributed by atoms with Gasteiger partial charge in [0.25, 0.3) is 0 Å². The second kappa shape index (κ2) is 18.6. The van der Waals surface area contributed by atoms with Crippen molar-refractivity contribution in [2.45, 2.75) is 58.9 Å². The molecule has 0 radical (unpaired) electrons. The maximum atomic E-state index is 13.0. The molecule has 4 atom stereocenters. The molecule has 0 aliphatic heterocycles. The van der Waals surface area contributed by atoms with Crippen molar-refractivity contribution in [3.8, 4) is 6.07 Å². The molecule has 2 amide bonds. The van der Waals surface area contributed by atoms with E-state index in [1.54, 1.807) is 7.11 Å². The lowest BCUT2D eigenvalue weighted by Crippen LogP contribution is -2.44. The molecule has 1 aromatic carbocycles. The Balaban J connectivity index is 2.42. The smallest absolute Gasteiger partial charge is 0.315 e. The maximum Gasteiger partial charge on any atom is 0.315 e. The zero-order valence-corrected chi connectivity index (χ0v) is 23.1. The van der Waals surface area contributed by atoms with Gasteiger partial charge in [-0.3, -0.25) is 4.79 Å². The second-order valence-electron chi connectivity index (χ2n) is 9.61. The quantitative estimate of drug-likeness (QED) is 0.209. The van der Waals surface area contributed by atoms with Gasteiger partial charge < -0.3 is 29.6 Å². The van der Waals surface area contributed by atoms with Crippen LogP contribution in [0, 0.1) is 22.7 Å². The van der Waals surface area contributed by atoms with Crippen LogP contribution in [-0.4, -0.2) is 71.3 Å². The largest absolute Gasteiger partial charge is 0.463 e. The summed E-state index contributed by atoms with van der Waals surface area (Å²) in [6.07, 6.45) is 1.87. The van der Waals surface area contributed by atoms with E-state index in [1.807, 2.05) is 58.0 Å². The van der Waals surface area contributed by atoms with Gasteiger partial charge in [-0.1, -0.05) is 37.3 Å². The number of hydrogen-bond donors (Lipinski definition) is 2. The SMILES string of the molecule is CCC(C)(CC(CC(C)C#N)c1ccccc1)C(=O)OCCNC(=O)NC(C)COCCOCCOC. The van der Waals surface area contributed by atoms with E-state index in [1.165, 1.54) is 0 Å². The van der Waals surface area contributed by atoms with Crippen molar-refractivity contribution in [2.24, 2.45) is 11.3 Å². The maximum absolute atomic E-state index is 13.0. The summed E-state index contributed by atoms with van der Waals surface area (Å²) in [5, 5.41) is 14.8. The number of benzene rings is 1. The lowest BCUT2D eigenvalue weighted by atomic mass is 9.74. The predicted octanol–water partition coefficient (Wildman–Crippen LogP) is 4.04. The summed E-state index contributed by atoms with van der Waals surface area (Å²) in [5.74, 6) is -0.345. The van der Waals surface area contributed by atoms with Gasteiger partial charge >= 0.3 is 12.0 Å². The van der Waals surface area contributed by atoms with Crippen molar-refractivity contribution in [3.05, 3.63) is 35.9 Å². The normalized spacial score (nSPS) is 15.0. The summed E-state index contributed by atoms with van der Waals surface area (Å²) in [5.41, 5.74) is 0.420. The predicted molar refractivity (Wildman–Crippen MR) is 142 cm³/mol. The summed E-state index contributed by atoms with van der Waals surface area (Å²) < 4.78 is 21.2. The van der Waals surface area contributed by atoms with E-state index in [2.05, 4.69) is 16.7 Å². The van der Waals surface area contributed by atoms with Gasteiger partial charge in [-0.2, -0.15) is 5.26 Å². The first-order valence-corrected chi connectivity index (χ1v) is 13.1. The van der Waals surface area contributed by atoms with Crippen LogP contribution in [0.5, 0.6) is 0 Å². The number of ether oxygens (including phenoxy) is 4. The molecule has 1 rings (SSSR count). The minimum Gasteiger partial charge on any atom is -0.463 e. The first-order chi connectivity index (χ1) is 17.8. The Hall–Kier alpha value is -2.67. The van der Waals surface area contributed by atoms with Crippen LogP contribution in [0.15, 0.2) is 30.3 Å². The molecule has 0 saturated heterocycles. The van der Waals surface area contributed by atoms with E-state index < -0.39 is 5.41 Å². The minimum atomic E-state index is -0.697. The fourth-order valence-electron chi connectivity index (χ4n) is 3.88. The van der Waals surface area contributed by atoms with Crippen LogP contribution in [0.4, 0.5) is 4.79 Å². The highest BCUT2D eigenvalue weighted by atomic mass is 16.5. The fourth-order valence-corrected chi connectivity index (χ4v) is 3.88. The first kappa shape index (κ1) is 32.4. The van der Waals surface area contributed by atoms with Crippen molar-refractivity contribution in [1.82, 2.24) is 10.6 Å². The van der Waals surface area contributed by atoms with Crippen molar-refractivity contribution < 1.29 is 28.5 Å². The Morgan fingerprint density at radius 3 is 2.38 bits per heavy atom. The Morgan fingerprint density at radius 2 is 1.73 bits per heavy atom. The summed E-state index contributed by atoms with van der Waals surface area (Å²) in [6.45, 7) is 10.2. The molecule has 0 spiro atoms. The van der Waals surface area contributed by atoms with Crippen LogP contribution in [0.25, 0.3) is 0 Å². The zero-order valence-electron chi connectivity index (χ0n) is 23.1. The Labute approximate surface area is 222 Å². The molecule has 208 valence electrons. The number of carbonyl (C=O) groups is 2. The second-order valence-corrected chi connectivity index (χ2v) is 9.61. The van der Waals surface area contributed by atoms with Crippen molar-refractivity contribution in [2.75, 3.05) is 53.3 Å². The summed E-state index contributed by atoms with van der Waals surface area (Å²) in [6, 6.07) is 11.8. The summed E-state index contributed by atoms with van der Waals surface area (Å²) >= 11 is 0. The summed E-state index contributed by atoms with van der Waals surface area (Å²) in [7, 11) is 1.62. The highest BCUT2D eigenvalue weighted by Gasteiger charge is 2.36. The van der Waals surface area contributed by atoms with Crippen molar-refractivity contribution in [1.29, 1.82) is 5.26 Å². The van der Waals surface area contributed by atoms with Crippen LogP contribution >= 0.6 is 0 Å². The molecule has 9 nitrogen and oxygen atoms in total. The average Bonchev–Trinajstić information content (AvgIpc) is 2.90. The number of rotatable bonds is 19. The third-order valence-electron chi connectivity index (χ3n) is 6.27. The molecule has 37 heavy (non-hydrogen) atoms. The Morgan fingerprint density at radius 1 is 1.05 bits per heavy atom. The molecule has 2 N–H and O–H groups in total. The topological polar surface area (TPSA) is 119 Å². The molecule has 0 saturated carbocycles. The highest BCUT2D eigenvalue weighted by Crippen LogP contribution is 2.39.